The fourth-order valence-electron chi connectivity index (χ4n) is 4.36. The molecule has 1 unspecified atom stereocenters. The van der Waals surface area contributed by atoms with E-state index in [1.807, 2.05) is 4.68 Å². The van der Waals surface area contributed by atoms with Gasteiger partial charge in [0.1, 0.15) is 0 Å². The number of nitrogens with one attached hydrogen (secondary N) is 2. The minimum absolute atomic E-state index is 0.0779. The first-order chi connectivity index (χ1) is 15.8. The second-order valence-corrected chi connectivity index (χ2v) is 8.09. The number of hydrogen-bond acceptors (Lipinski definition) is 6. The van der Waals surface area contributed by atoms with Crippen molar-refractivity contribution in [3.8, 4) is 5.69 Å². The first-order valence-electron chi connectivity index (χ1n) is 11.3. The topological polar surface area (TPSA) is 83.9 Å². The first-order valence-corrected chi connectivity index (χ1v) is 11.3. The van der Waals surface area contributed by atoms with E-state index in [4.69, 9.17) is 4.74 Å². The SMILES string of the molecule is CCC(NCCc1c[nH]c2ccccc12)c1nnnn1-c1ccc(N2CCOCC2)cc1. The molecule has 1 atom stereocenters. The molecule has 8 nitrogen and oxygen atoms in total. The zero-order chi connectivity index (χ0) is 21.8. The monoisotopic (exact) mass is 431 g/mol. The molecule has 5 rings (SSSR count). The normalized spacial score (nSPS) is 15.3. The second-order valence-electron chi connectivity index (χ2n) is 8.09. The minimum atomic E-state index is 0.0779. The molecule has 0 radical (unpaired) electrons. The lowest BCUT2D eigenvalue weighted by atomic mass is 10.1. The number of rotatable bonds is 8. The van der Waals surface area contributed by atoms with Crippen molar-refractivity contribution in [2.45, 2.75) is 25.8 Å². The Hall–Kier alpha value is -3.23. The molecule has 166 valence electrons. The molecule has 1 fully saturated rings. The Balaban J connectivity index is 1.27. The third-order valence-electron chi connectivity index (χ3n) is 6.14. The van der Waals surface area contributed by atoms with E-state index >= 15 is 0 Å². The Morgan fingerprint density at radius 1 is 1.06 bits per heavy atom. The molecule has 2 aromatic carbocycles. The number of anilines is 1. The van der Waals surface area contributed by atoms with Crippen LogP contribution in [-0.4, -0.2) is 58.0 Å². The number of H-pyrrole nitrogens is 1. The summed E-state index contributed by atoms with van der Waals surface area (Å²) in [7, 11) is 0. The zero-order valence-electron chi connectivity index (χ0n) is 18.4. The van der Waals surface area contributed by atoms with Crippen molar-refractivity contribution in [2.75, 3.05) is 37.7 Å². The van der Waals surface area contributed by atoms with E-state index in [0.717, 1.165) is 57.2 Å². The van der Waals surface area contributed by atoms with E-state index in [9.17, 15) is 0 Å². The Morgan fingerprint density at radius 3 is 2.66 bits per heavy atom. The summed E-state index contributed by atoms with van der Waals surface area (Å²) in [6.45, 7) is 6.41. The summed E-state index contributed by atoms with van der Waals surface area (Å²) in [5.41, 5.74) is 4.68. The molecule has 1 aliphatic heterocycles. The highest BCUT2D eigenvalue weighted by molar-refractivity contribution is 5.83. The molecule has 2 N–H and O–H groups in total. The van der Waals surface area contributed by atoms with E-state index in [2.05, 4.69) is 92.4 Å². The predicted molar refractivity (Wildman–Crippen MR) is 125 cm³/mol. The van der Waals surface area contributed by atoms with Crippen molar-refractivity contribution in [1.29, 1.82) is 0 Å². The van der Waals surface area contributed by atoms with Gasteiger partial charge >= 0.3 is 0 Å². The molecule has 0 spiro atoms. The summed E-state index contributed by atoms with van der Waals surface area (Å²) in [6.07, 6.45) is 3.95. The molecule has 0 bridgehead atoms. The summed E-state index contributed by atoms with van der Waals surface area (Å²) in [4.78, 5) is 5.69. The largest absolute Gasteiger partial charge is 0.378 e. The van der Waals surface area contributed by atoms with Crippen LogP contribution < -0.4 is 10.2 Å². The molecule has 1 saturated heterocycles. The van der Waals surface area contributed by atoms with Gasteiger partial charge in [-0.25, -0.2) is 0 Å². The average molecular weight is 432 g/mol. The van der Waals surface area contributed by atoms with E-state index < -0.39 is 0 Å². The lowest BCUT2D eigenvalue weighted by Crippen LogP contribution is -2.36. The van der Waals surface area contributed by atoms with Crippen LogP contribution in [0.5, 0.6) is 0 Å². The van der Waals surface area contributed by atoms with Crippen LogP contribution in [0.4, 0.5) is 5.69 Å². The van der Waals surface area contributed by atoms with Crippen LogP contribution >= 0.6 is 0 Å². The lowest BCUT2D eigenvalue weighted by Gasteiger charge is -2.28. The number of ether oxygens (including phenoxy) is 1. The molecule has 8 heteroatoms. The molecule has 1 aliphatic rings. The van der Waals surface area contributed by atoms with E-state index in [0.29, 0.717) is 0 Å². The summed E-state index contributed by atoms with van der Waals surface area (Å²) in [6, 6.07) is 16.9. The maximum atomic E-state index is 5.45. The Kier molecular flexibility index (Phi) is 6.13. The highest BCUT2D eigenvalue weighted by Crippen LogP contribution is 2.22. The van der Waals surface area contributed by atoms with Crippen LogP contribution in [0.1, 0.15) is 30.8 Å². The molecular formula is C24H29N7O. The van der Waals surface area contributed by atoms with Crippen molar-refractivity contribution >= 4 is 16.6 Å². The number of tetrazole rings is 1. The van der Waals surface area contributed by atoms with Crippen molar-refractivity contribution in [2.24, 2.45) is 0 Å². The van der Waals surface area contributed by atoms with Gasteiger partial charge in [-0.05, 0) is 65.7 Å². The highest BCUT2D eigenvalue weighted by atomic mass is 16.5. The fraction of sp³-hybridized carbons (Fsp3) is 0.375. The van der Waals surface area contributed by atoms with E-state index in [1.165, 1.54) is 22.2 Å². The number of hydrogen-bond donors (Lipinski definition) is 2. The van der Waals surface area contributed by atoms with E-state index in [-0.39, 0.29) is 6.04 Å². The van der Waals surface area contributed by atoms with Gasteiger partial charge in [0.2, 0.25) is 0 Å². The van der Waals surface area contributed by atoms with Crippen molar-refractivity contribution in [1.82, 2.24) is 30.5 Å². The van der Waals surface area contributed by atoms with Crippen LogP contribution in [0.2, 0.25) is 0 Å². The number of aromatic nitrogens is 5. The van der Waals surface area contributed by atoms with Gasteiger partial charge in [0, 0.05) is 35.9 Å². The zero-order valence-corrected chi connectivity index (χ0v) is 18.4. The Bertz CT molecular complexity index is 1140. The van der Waals surface area contributed by atoms with Gasteiger partial charge in [-0.1, -0.05) is 25.1 Å². The number of morpholine rings is 1. The van der Waals surface area contributed by atoms with Crippen LogP contribution in [-0.2, 0) is 11.2 Å². The van der Waals surface area contributed by atoms with Gasteiger partial charge in [-0.3, -0.25) is 0 Å². The standard InChI is InChI=1S/C24H29N7O/c1-2-22(25-12-11-18-17-26-23-6-4-3-5-21(18)23)24-27-28-29-31(24)20-9-7-19(8-10-20)30-13-15-32-16-14-30/h3-10,17,22,25-26H,2,11-16H2,1H3. The molecule has 3 heterocycles. The molecule has 2 aromatic heterocycles. The van der Waals surface area contributed by atoms with Gasteiger partial charge in [0.25, 0.3) is 0 Å². The maximum Gasteiger partial charge on any atom is 0.173 e. The van der Waals surface area contributed by atoms with Gasteiger partial charge in [0.15, 0.2) is 5.82 Å². The predicted octanol–water partition coefficient (Wildman–Crippen LogP) is 3.26. The summed E-state index contributed by atoms with van der Waals surface area (Å²) in [5, 5.41) is 17.5. The van der Waals surface area contributed by atoms with Gasteiger partial charge < -0.3 is 19.9 Å². The quantitative estimate of drug-likeness (QED) is 0.446. The fourth-order valence-corrected chi connectivity index (χ4v) is 4.36. The first kappa shape index (κ1) is 20.7. The molecule has 4 aromatic rings. The summed E-state index contributed by atoms with van der Waals surface area (Å²) >= 11 is 0. The van der Waals surface area contributed by atoms with Crippen molar-refractivity contribution in [3.63, 3.8) is 0 Å². The van der Waals surface area contributed by atoms with Gasteiger partial charge in [-0.2, -0.15) is 4.68 Å². The number of aromatic amines is 1. The van der Waals surface area contributed by atoms with Crippen LogP contribution in [0.15, 0.2) is 54.7 Å². The van der Waals surface area contributed by atoms with Gasteiger partial charge in [-0.15, -0.1) is 5.10 Å². The van der Waals surface area contributed by atoms with Crippen LogP contribution in [0.3, 0.4) is 0 Å². The highest BCUT2D eigenvalue weighted by Gasteiger charge is 2.19. The number of fused-ring (bicyclic) bond motifs is 1. The van der Waals surface area contributed by atoms with Gasteiger partial charge in [0.05, 0.1) is 24.9 Å². The second kappa shape index (κ2) is 9.50. The number of para-hydroxylation sites is 1. The van der Waals surface area contributed by atoms with Crippen LogP contribution in [0, 0.1) is 0 Å². The summed E-state index contributed by atoms with van der Waals surface area (Å²) in [5.74, 6) is 0.838. The maximum absolute atomic E-state index is 5.45. The van der Waals surface area contributed by atoms with Crippen molar-refractivity contribution in [3.05, 3.63) is 66.1 Å². The number of benzene rings is 2. The molecular weight excluding hydrogens is 402 g/mol. The van der Waals surface area contributed by atoms with Crippen molar-refractivity contribution < 1.29 is 4.74 Å². The Morgan fingerprint density at radius 2 is 1.84 bits per heavy atom. The smallest absolute Gasteiger partial charge is 0.173 e. The molecule has 0 saturated carbocycles. The van der Waals surface area contributed by atoms with E-state index in [1.54, 1.807) is 0 Å². The molecule has 0 amide bonds. The number of nitrogens with zero attached hydrogens (tertiary/aromatic N) is 5. The average Bonchev–Trinajstić information content (AvgIpc) is 3.50. The Labute approximate surface area is 187 Å². The molecule has 0 aliphatic carbocycles. The lowest BCUT2D eigenvalue weighted by molar-refractivity contribution is 0.122. The molecule has 32 heavy (non-hydrogen) atoms. The third kappa shape index (κ3) is 4.24. The third-order valence-corrected chi connectivity index (χ3v) is 6.14. The minimum Gasteiger partial charge on any atom is -0.378 e. The van der Waals surface area contributed by atoms with Crippen LogP contribution in [0.25, 0.3) is 16.6 Å². The summed E-state index contributed by atoms with van der Waals surface area (Å²) < 4.78 is 7.30.